The van der Waals surface area contributed by atoms with Crippen LogP contribution in [0.25, 0.3) is 0 Å². The Kier molecular flexibility index (Phi) is 6.06. The molecule has 0 aromatic rings. The number of esters is 1. The summed E-state index contributed by atoms with van der Waals surface area (Å²) < 4.78 is 21.4. The second-order valence-corrected chi connectivity index (χ2v) is 7.25. The average molecular weight is 390 g/mol. The first-order valence-corrected chi connectivity index (χ1v) is 8.88. The standard InChI is InChI=1S/C17H26O10/c1-6-9(19)3-7-8(15(23)24-2)5-25-16(11(6)7)27-17-14(22)13(21)12(20)10(4-18)26-17/h5-7,9-14,16-22H,3-4H2,1-2H3/t6?,7-,9?,10?,11+,12?,13?,14?,16?,17?/m0/s1. The molecule has 27 heavy (non-hydrogen) atoms. The van der Waals surface area contributed by atoms with Crippen LogP contribution in [0.4, 0.5) is 0 Å². The van der Waals surface area contributed by atoms with Crippen LogP contribution < -0.4 is 0 Å². The fourth-order valence-electron chi connectivity index (χ4n) is 4.10. The van der Waals surface area contributed by atoms with Crippen LogP contribution in [0.2, 0.25) is 0 Å². The van der Waals surface area contributed by atoms with Gasteiger partial charge in [-0.2, -0.15) is 0 Å². The van der Waals surface area contributed by atoms with Crippen molar-refractivity contribution in [3.05, 3.63) is 11.8 Å². The van der Waals surface area contributed by atoms with Gasteiger partial charge in [0, 0.05) is 11.8 Å². The summed E-state index contributed by atoms with van der Waals surface area (Å²) in [6, 6.07) is 0. The molecule has 0 amide bonds. The number of carbonyl (C=O) groups excluding carboxylic acids is 1. The number of ether oxygens (including phenoxy) is 4. The molecule has 3 aliphatic rings. The first-order chi connectivity index (χ1) is 12.8. The summed E-state index contributed by atoms with van der Waals surface area (Å²) in [4.78, 5) is 12.0. The first-order valence-electron chi connectivity index (χ1n) is 8.88. The molecule has 0 spiro atoms. The van der Waals surface area contributed by atoms with Gasteiger partial charge in [-0.1, -0.05) is 6.92 Å². The molecular formula is C17H26O10. The summed E-state index contributed by atoms with van der Waals surface area (Å²) in [6.07, 6.45) is -7.25. The molecule has 1 aliphatic carbocycles. The second-order valence-electron chi connectivity index (χ2n) is 7.25. The molecule has 10 atom stereocenters. The van der Waals surface area contributed by atoms with Crippen LogP contribution in [-0.4, -0.2) is 88.3 Å². The highest BCUT2D eigenvalue weighted by Crippen LogP contribution is 2.47. The molecule has 2 heterocycles. The van der Waals surface area contributed by atoms with Crippen molar-refractivity contribution >= 4 is 5.97 Å². The maximum Gasteiger partial charge on any atom is 0.337 e. The van der Waals surface area contributed by atoms with Gasteiger partial charge in [-0.25, -0.2) is 4.79 Å². The van der Waals surface area contributed by atoms with Gasteiger partial charge in [0.2, 0.25) is 6.29 Å². The molecule has 1 saturated carbocycles. The molecule has 0 aromatic carbocycles. The van der Waals surface area contributed by atoms with Crippen LogP contribution in [0.3, 0.4) is 0 Å². The molecule has 10 heteroatoms. The lowest BCUT2D eigenvalue weighted by molar-refractivity contribution is -0.342. The van der Waals surface area contributed by atoms with Gasteiger partial charge in [-0.3, -0.25) is 0 Å². The van der Waals surface area contributed by atoms with Crippen LogP contribution in [0.5, 0.6) is 0 Å². The van der Waals surface area contributed by atoms with Crippen molar-refractivity contribution in [1.29, 1.82) is 0 Å². The molecule has 154 valence electrons. The van der Waals surface area contributed by atoms with Crippen LogP contribution >= 0.6 is 0 Å². The fourth-order valence-corrected chi connectivity index (χ4v) is 4.10. The lowest BCUT2D eigenvalue weighted by Crippen LogP contribution is -2.60. The zero-order chi connectivity index (χ0) is 19.9. The van der Waals surface area contributed by atoms with Gasteiger partial charge < -0.3 is 44.5 Å². The van der Waals surface area contributed by atoms with E-state index in [0.29, 0.717) is 12.0 Å². The Morgan fingerprint density at radius 1 is 1.19 bits per heavy atom. The normalized spacial score (nSPS) is 47.0. The van der Waals surface area contributed by atoms with Gasteiger partial charge in [0.1, 0.15) is 24.4 Å². The third kappa shape index (κ3) is 3.58. The summed E-state index contributed by atoms with van der Waals surface area (Å²) >= 11 is 0. The Morgan fingerprint density at radius 3 is 2.52 bits per heavy atom. The minimum atomic E-state index is -1.58. The fraction of sp³-hybridized carbons (Fsp3) is 0.824. The molecule has 8 unspecified atom stereocenters. The molecule has 2 fully saturated rings. The summed E-state index contributed by atoms with van der Waals surface area (Å²) in [6.45, 7) is 1.21. The number of carbonyl (C=O) groups is 1. The molecule has 3 rings (SSSR count). The SMILES string of the molecule is COC(=O)C1=COC(OC2OC(CO)C(O)C(O)C2O)[C@@H]2C(C)C(O)C[C@@H]12. The zero-order valence-electron chi connectivity index (χ0n) is 15.0. The van der Waals surface area contributed by atoms with Gasteiger partial charge in [-0.15, -0.1) is 0 Å². The van der Waals surface area contributed by atoms with Crippen molar-refractivity contribution < 1.29 is 49.3 Å². The predicted octanol–water partition coefficient (Wildman–Crippen LogP) is -2.15. The Balaban J connectivity index is 1.80. The maximum absolute atomic E-state index is 12.0. The van der Waals surface area contributed by atoms with Gasteiger partial charge in [0.15, 0.2) is 6.29 Å². The van der Waals surface area contributed by atoms with Gasteiger partial charge in [-0.05, 0) is 12.3 Å². The van der Waals surface area contributed by atoms with E-state index in [0.717, 1.165) is 0 Å². The molecule has 0 radical (unpaired) electrons. The number of aliphatic hydroxyl groups excluding tert-OH is 5. The van der Waals surface area contributed by atoms with Crippen molar-refractivity contribution in [1.82, 2.24) is 0 Å². The lowest BCUT2D eigenvalue weighted by Gasteiger charge is -2.43. The minimum Gasteiger partial charge on any atom is -0.472 e. The summed E-state index contributed by atoms with van der Waals surface area (Å²) in [5.74, 6) is -1.63. The minimum absolute atomic E-state index is 0.279. The second kappa shape index (κ2) is 8.00. The number of fused-ring (bicyclic) bond motifs is 1. The van der Waals surface area contributed by atoms with E-state index in [1.54, 1.807) is 6.92 Å². The third-order valence-corrected chi connectivity index (χ3v) is 5.75. The van der Waals surface area contributed by atoms with E-state index in [4.69, 9.17) is 18.9 Å². The van der Waals surface area contributed by atoms with Crippen LogP contribution in [0.1, 0.15) is 13.3 Å². The number of methoxy groups -OCH3 is 1. The molecule has 5 N–H and O–H groups in total. The Labute approximate surface area is 155 Å². The zero-order valence-corrected chi connectivity index (χ0v) is 15.0. The van der Waals surface area contributed by atoms with E-state index in [1.807, 2.05) is 0 Å². The van der Waals surface area contributed by atoms with Crippen molar-refractivity contribution in [3.8, 4) is 0 Å². The predicted molar refractivity (Wildman–Crippen MR) is 86.6 cm³/mol. The molecule has 1 saturated heterocycles. The topological polar surface area (TPSA) is 155 Å². The number of hydrogen-bond donors (Lipinski definition) is 5. The van der Waals surface area contributed by atoms with E-state index in [9.17, 15) is 30.3 Å². The molecular weight excluding hydrogens is 364 g/mol. The largest absolute Gasteiger partial charge is 0.472 e. The van der Waals surface area contributed by atoms with Crippen LogP contribution in [-0.2, 0) is 23.7 Å². The van der Waals surface area contributed by atoms with Crippen molar-refractivity contribution in [2.75, 3.05) is 13.7 Å². The van der Waals surface area contributed by atoms with E-state index < -0.39 is 61.6 Å². The van der Waals surface area contributed by atoms with E-state index >= 15 is 0 Å². The van der Waals surface area contributed by atoms with Gasteiger partial charge in [0.05, 0.1) is 31.7 Å². The first kappa shape index (κ1) is 20.5. The van der Waals surface area contributed by atoms with E-state index in [1.165, 1.54) is 13.4 Å². The number of hydrogen-bond acceptors (Lipinski definition) is 10. The van der Waals surface area contributed by atoms with E-state index in [2.05, 4.69) is 0 Å². The summed E-state index contributed by atoms with van der Waals surface area (Å²) in [5, 5.41) is 49.4. The van der Waals surface area contributed by atoms with Gasteiger partial charge >= 0.3 is 5.97 Å². The highest BCUT2D eigenvalue weighted by Gasteiger charge is 2.53. The smallest absolute Gasteiger partial charge is 0.337 e. The highest BCUT2D eigenvalue weighted by atomic mass is 16.8. The van der Waals surface area contributed by atoms with Crippen molar-refractivity contribution in [2.45, 2.75) is 56.4 Å². The van der Waals surface area contributed by atoms with Crippen molar-refractivity contribution in [3.63, 3.8) is 0 Å². The molecule has 2 aliphatic heterocycles. The number of rotatable bonds is 4. The number of aliphatic hydroxyl groups is 5. The third-order valence-electron chi connectivity index (χ3n) is 5.75. The maximum atomic E-state index is 12.0. The Hall–Kier alpha value is -1.27. The Morgan fingerprint density at radius 2 is 1.89 bits per heavy atom. The summed E-state index contributed by atoms with van der Waals surface area (Å²) in [5.41, 5.74) is 0.291. The Bertz CT molecular complexity index is 578. The van der Waals surface area contributed by atoms with Crippen LogP contribution in [0.15, 0.2) is 11.8 Å². The molecule has 0 bridgehead atoms. The van der Waals surface area contributed by atoms with Gasteiger partial charge in [0.25, 0.3) is 0 Å². The average Bonchev–Trinajstić information content (AvgIpc) is 2.96. The monoisotopic (exact) mass is 390 g/mol. The lowest BCUT2D eigenvalue weighted by atomic mass is 9.83. The molecule has 0 aromatic heterocycles. The molecule has 10 nitrogen and oxygen atoms in total. The highest BCUT2D eigenvalue weighted by molar-refractivity contribution is 5.89. The van der Waals surface area contributed by atoms with E-state index in [-0.39, 0.29) is 11.8 Å². The van der Waals surface area contributed by atoms with Crippen molar-refractivity contribution in [2.24, 2.45) is 17.8 Å². The summed E-state index contributed by atoms with van der Waals surface area (Å²) in [7, 11) is 1.25. The van der Waals surface area contributed by atoms with Crippen LogP contribution in [0, 0.1) is 17.8 Å². The quantitative estimate of drug-likeness (QED) is 0.336.